The lowest BCUT2D eigenvalue weighted by atomic mass is 10.4. The van der Waals surface area contributed by atoms with Gasteiger partial charge in [-0.15, -0.1) is 11.3 Å². The Balaban J connectivity index is 1.92. The SMILES string of the molecule is OCc1cnc(CN2CCCC2)s1. The van der Waals surface area contributed by atoms with Gasteiger partial charge in [-0.2, -0.15) is 0 Å². The highest BCUT2D eigenvalue weighted by Gasteiger charge is 2.13. The van der Waals surface area contributed by atoms with E-state index in [0.717, 1.165) is 16.4 Å². The smallest absolute Gasteiger partial charge is 0.107 e. The highest BCUT2D eigenvalue weighted by atomic mass is 32.1. The van der Waals surface area contributed by atoms with Crippen LogP contribution in [-0.2, 0) is 13.2 Å². The van der Waals surface area contributed by atoms with Gasteiger partial charge in [-0.05, 0) is 25.9 Å². The van der Waals surface area contributed by atoms with Crippen LogP contribution in [-0.4, -0.2) is 28.1 Å². The van der Waals surface area contributed by atoms with E-state index in [2.05, 4.69) is 9.88 Å². The van der Waals surface area contributed by atoms with Crippen LogP contribution >= 0.6 is 11.3 Å². The van der Waals surface area contributed by atoms with Gasteiger partial charge in [0, 0.05) is 6.20 Å². The molecule has 0 amide bonds. The number of hydrogen-bond acceptors (Lipinski definition) is 4. The Kier molecular flexibility index (Phi) is 2.93. The van der Waals surface area contributed by atoms with Crippen LogP contribution in [0.2, 0.25) is 0 Å². The zero-order valence-corrected chi connectivity index (χ0v) is 8.39. The molecule has 2 heterocycles. The summed E-state index contributed by atoms with van der Waals surface area (Å²) < 4.78 is 0. The standard InChI is InChI=1S/C9H14N2OS/c12-7-8-5-10-9(13-8)6-11-3-1-2-4-11/h5,12H,1-4,6-7H2. The molecule has 0 radical (unpaired) electrons. The second kappa shape index (κ2) is 4.17. The van der Waals surface area contributed by atoms with Crippen LogP contribution in [0.3, 0.4) is 0 Å². The number of thiazole rings is 1. The molecule has 0 bridgehead atoms. The maximum atomic E-state index is 8.87. The van der Waals surface area contributed by atoms with Crippen molar-refractivity contribution in [3.05, 3.63) is 16.1 Å². The highest BCUT2D eigenvalue weighted by molar-refractivity contribution is 7.11. The molecule has 0 unspecified atom stereocenters. The molecule has 2 rings (SSSR count). The summed E-state index contributed by atoms with van der Waals surface area (Å²) in [5.41, 5.74) is 0. The van der Waals surface area contributed by atoms with Crippen LogP contribution in [0.5, 0.6) is 0 Å². The number of hydrogen-bond donors (Lipinski definition) is 1. The van der Waals surface area contributed by atoms with Crippen molar-refractivity contribution in [3.8, 4) is 0 Å². The minimum atomic E-state index is 0.123. The van der Waals surface area contributed by atoms with Gasteiger partial charge in [-0.25, -0.2) is 4.98 Å². The zero-order chi connectivity index (χ0) is 9.10. The van der Waals surface area contributed by atoms with Gasteiger partial charge in [0.25, 0.3) is 0 Å². The fourth-order valence-corrected chi connectivity index (χ4v) is 2.45. The van der Waals surface area contributed by atoms with E-state index in [-0.39, 0.29) is 6.61 Å². The molecular formula is C9H14N2OS. The summed E-state index contributed by atoms with van der Waals surface area (Å²) in [4.78, 5) is 7.65. The van der Waals surface area contributed by atoms with Gasteiger partial charge in [-0.1, -0.05) is 0 Å². The minimum absolute atomic E-state index is 0.123. The summed E-state index contributed by atoms with van der Waals surface area (Å²) in [5, 5.41) is 10.00. The van der Waals surface area contributed by atoms with Crippen molar-refractivity contribution in [2.45, 2.75) is 26.0 Å². The van der Waals surface area contributed by atoms with Crippen molar-refractivity contribution in [2.75, 3.05) is 13.1 Å². The Bertz CT molecular complexity index is 268. The third-order valence-electron chi connectivity index (χ3n) is 2.31. The maximum Gasteiger partial charge on any atom is 0.107 e. The molecule has 4 heteroatoms. The minimum Gasteiger partial charge on any atom is -0.391 e. The van der Waals surface area contributed by atoms with E-state index in [1.54, 1.807) is 17.5 Å². The molecular weight excluding hydrogens is 184 g/mol. The van der Waals surface area contributed by atoms with Crippen molar-refractivity contribution in [3.63, 3.8) is 0 Å². The molecule has 1 aromatic heterocycles. The summed E-state index contributed by atoms with van der Waals surface area (Å²) in [6.45, 7) is 3.49. The highest BCUT2D eigenvalue weighted by Crippen LogP contribution is 2.17. The normalized spacial score (nSPS) is 18.2. The Morgan fingerprint density at radius 3 is 2.85 bits per heavy atom. The molecule has 72 valence electrons. The second-order valence-electron chi connectivity index (χ2n) is 3.36. The van der Waals surface area contributed by atoms with E-state index >= 15 is 0 Å². The quantitative estimate of drug-likeness (QED) is 0.793. The monoisotopic (exact) mass is 198 g/mol. The molecule has 13 heavy (non-hydrogen) atoms. The maximum absolute atomic E-state index is 8.87. The van der Waals surface area contributed by atoms with Crippen LogP contribution in [0.15, 0.2) is 6.20 Å². The molecule has 0 saturated carbocycles. The van der Waals surface area contributed by atoms with Crippen molar-refractivity contribution < 1.29 is 5.11 Å². The lowest BCUT2D eigenvalue weighted by Gasteiger charge is -2.11. The van der Waals surface area contributed by atoms with E-state index < -0.39 is 0 Å². The summed E-state index contributed by atoms with van der Waals surface area (Å²) in [7, 11) is 0. The molecule has 1 saturated heterocycles. The molecule has 0 atom stereocenters. The van der Waals surface area contributed by atoms with Crippen LogP contribution in [0.25, 0.3) is 0 Å². The molecule has 3 nitrogen and oxygen atoms in total. The van der Waals surface area contributed by atoms with Gasteiger partial charge in [0.2, 0.25) is 0 Å². The van der Waals surface area contributed by atoms with Crippen LogP contribution in [0, 0.1) is 0 Å². The van der Waals surface area contributed by atoms with E-state index in [1.807, 2.05) is 0 Å². The lowest BCUT2D eigenvalue weighted by molar-refractivity contribution is 0.285. The summed E-state index contributed by atoms with van der Waals surface area (Å²) in [5.74, 6) is 0. The number of likely N-dealkylation sites (tertiary alicyclic amines) is 1. The predicted molar refractivity (Wildman–Crippen MR) is 52.5 cm³/mol. The van der Waals surface area contributed by atoms with Gasteiger partial charge in [0.1, 0.15) is 5.01 Å². The van der Waals surface area contributed by atoms with Crippen molar-refractivity contribution in [2.24, 2.45) is 0 Å². The second-order valence-corrected chi connectivity index (χ2v) is 4.56. The first kappa shape index (κ1) is 9.12. The lowest BCUT2D eigenvalue weighted by Crippen LogP contribution is -2.17. The molecule has 1 aliphatic heterocycles. The molecule has 0 aliphatic carbocycles. The van der Waals surface area contributed by atoms with E-state index in [0.29, 0.717) is 0 Å². The Hall–Kier alpha value is -0.450. The third kappa shape index (κ3) is 2.27. The van der Waals surface area contributed by atoms with Gasteiger partial charge in [0.15, 0.2) is 0 Å². The molecule has 1 N–H and O–H groups in total. The van der Waals surface area contributed by atoms with Crippen molar-refractivity contribution in [1.82, 2.24) is 9.88 Å². The van der Waals surface area contributed by atoms with E-state index in [4.69, 9.17) is 5.11 Å². The van der Waals surface area contributed by atoms with Gasteiger partial charge in [-0.3, -0.25) is 4.90 Å². The predicted octanol–water partition coefficient (Wildman–Crippen LogP) is 1.23. The Labute approximate surface area is 82.0 Å². The number of aliphatic hydroxyl groups excluding tert-OH is 1. The number of aromatic nitrogens is 1. The molecule has 1 fully saturated rings. The summed E-state index contributed by atoms with van der Waals surface area (Å²) in [6, 6.07) is 0. The average Bonchev–Trinajstić information content (AvgIpc) is 2.76. The Morgan fingerprint density at radius 1 is 1.46 bits per heavy atom. The fourth-order valence-electron chi connectivity index (χ4n) is 1.63. The van der Waals surface area contributed by atoms with Crippen LogP contribution < -0.4 is 0 Å². The van der Waals surface area contributed by atoms with E-state index in [9.17, 15) is 0 Å². The number of rotatable bonds is 3. The van der Waals surface area contributed by atoms with Crippen LogP contribution in [0.4, 0.5) is 0 Å². The molecule has 0 spiro atoms. The van der Waals surface area contributed by atoms with Gasteiger partial charge in [0.05, 0.1) is 18.0 Å². The van der Waals surface area contributed by atoms with E-state index in [1.165, 1.54) is 25.9 Å². The number of nitrogens with zero attached hydrogens (tertiary/aromatic N) is 2. The first-order valence-corrected chi connectivity index (χ1v) is 5.47. The van der Waals surface area contributed by atoms with Gasteiger partial charge < -0.3 is 5.11 Å². The molecule has 1 aromatic rings. The fraction of sp³-hybridized carbons (Fsp3) is 0.667. The van der Waals surface area contributed by atoms with Crippen molar-refractivity contribution >= 4 is 11.3 Å². The first-order valence-electron chi connectivity index (χ1n) is 4.65. The molecule has 0 aromatic carbocycles. The largest absolute Gasteiger partial charge is 0.391 e. The third-order valence-corrected chi connectivity index (χ3v) is 3.28. The van der Waals surface area contributed by atoms with Gasteiger partial charge >= 0.3 is 0 Å². The summed E-state index contributed by atoms with van der Waals surface area (Å²) in [6.07, 6.45) is 4.41. The zero-order valence-electron chi connectivity index (χ0n) is 7.57. The topological polar surface area (TPSA) is 36.4 Å². The molecule has 1 aliphatic rings. The average molecular weight is 198 g/mol. The number of aliphatic hydroxyl groups is 1. The Morgan fingerprint density at radius 2 is 2.23 bits per heavy atom. The summed E-state index contributed by atoms with van der Waals surface area (Å²) >= 11 is 1.62. The van der Waals surface area contributed by atoms with Crippen LogP contribution in [0.1, 0.15) is 22.7 Å². The first-order chi connectivity index (χ1) is 6.38. The van der Waals surface area contributed by atoms with Crippen molar-refractivity contribution in [1.29, 1.82) is 0 Å².